The number of hydroxylamine groups is 1. The van der Waals surface area contributed by atoms with Gasteiger partial charge in [0, 0.05) is 26.3 Å². The van der Waals surface area contributed by atoms with Crippen molar-refractivity contribution in [1.82, 2.24) is 0 Å². The molecule has 0 atom stereocenters. The SMILES string of the molecule is C=C(C)c1ccc(C)c2ccc(C=[N+]([O-])C(C)(C)C)c-2c1. The van der Waals surface area contributed by atoms with Crippen LogP contribution in [0.5, 0.6) is 0 Å². The Morgan fingerprint density at radius 1 is 1.14 bits per heavy atom. The minimum absolute atomic E-state index is 0.438. The smallest absolute Gasteiger partial charge is 0.182 e. The quantitative estimate of drug-likeness (QED) is 0.334. The average Bonchev–Trinajstić information content (AvgIpc) is 2.67. The van der Waals surface area contributed by atoms with Crippen LogP contribution in [0.1, 0.15) is 44.4 Å². The summed E-state index contributed by atoms with van der Waals surface area (Å²) in [7, 11) is 0. The van der Waals surface area contributed by atoms with E-state index in [1.165, 1.54) is 11.1 Å². The van der Waals surface area contributed by atoms with E-state index in [9.17, 15) is 5.21 Å². The van der Waals surface area contributed by atoms with Crippen molar-refractivity contribution in [3.05, 3.63) is 58.8 Å². The topological polar surface area (TPSA) is 26.1 Å². The summed E-state index contributed by atoms with van der Waals surface area (Å²) in [5, 5.41) is 12.2. The first kappa shape index (κ1) is 15.3. The summed E-state index contributed by atoms with van der Waals surface area (Å²) in [5.74, 6) is 0. The molecule has 2 nitrogen and oxygen atoms in total. The lowest BCUT2D eigenvalue weighted by atomic mass is 10.0. The van der Waals surface area contributed by atoms with Gasteiger partial charge in [0.25, 0.3) is 0 Å². The van der Waals surface area contributed by atoms with Crippen molar-refractivity contribution in [2.45, 2.75) is 40.2 Å². The van der Waals surface area contributed by atoms with Crippen molar-refractivity contribution in [2.24, 2.45) is 0 Å². The Morgan fingerprint density at radius 3 is 2.38 bits per heavy atom. The minimum atomic E-state index is -0.438. The second-order valence-corrected chi connectivity index (χ2v) is 6.64. The van der Waals surface area contributed by atoms with Crippen LogP contribution in [-0.2, 0) is 0 Å². The van der Waals surface area contributed by atoms with E-state index in [-0.39, 0.29) is 0 Å². The monoisotopic (exact) mass is 281 g/mol. The van der Waals surface area contributed by atoms with Crippen molar-refractivity contribution in [2.75, 3.05) is 0 Å². The van der Waals surface area contributed by atoms with Gasteiger partial charge >= 0.3 is 0 Å². The fourth-order valence-corrected chi connectivity index (χ4v) is 2.22. The third-order valence-electron chi connectivity index (χ3n) is 3.68. The molecule has 2 aliphatic carbocycles. The zero-order valence-electron chi connectivity index (χ0n) is 13.5. The number of hydrogen-bond acceptors (Lipinski definition) is 1. The molecule has 0 aliphatic heterocycles. The number of aryl methyl sites for hydroxylation is 1. The highest BCUT2D eigenvalue weighted by atomic mass is 16.5. The molecule has 0 bridgehead atoms. The molecule has 110 valence electrons. The fraction of sp³-hybridized carbons (Fsp3) is 0.316. The standard InChI is InChI=1S/C19H23NO/c1-13(2)15-8-7-14(3)17-10-9-16(18(17)11-15)12-20(21)19(4,5)6/h7-12H,1H2,2-6H3. The molecule has 21 heavy (non-hydrogen) atoms. The van der Waals surface area contributed by atoms with E-state index in [0.717, 1.165) is 27.0 Å². The van der Waals surface area contributed by atoms with Gasteiger partial charge in [-0.05, 0) is 48.2 Å². The van der Waals surface area contributed by atoms with Gasteiger partial charge < -0.3 is 5.21 Å². The molecular formula is C19H23NO. The maximum Gasteiger partial charge on any atom is 0.182 e. The second-order valence-electron chi connectivity index (χ2n) is 6.64. The summed E-state index contributed by atoms with van der Waals surface area (Å²) in [6.07, 6.45) is 1.68. The lowest BCUT2D eigenvalue weighted by molar-refractivity contribution is -0.530. The van der Waals surface area contributed by atoms with Crippen LogP contribution in [0.4, 0.5) is 0 Å². The highest BCUT2D eigenvalue weighted by molar-refractivity contribution is 5.92. The average molecular weight is 281 g/mol. The normalized spacial score (nSPS) is 12.7. The van der Waals surface area contributed by atoms with Crippen molar-refractivity contribution < 1.29 is 4.74 Å². The molecule has 0 heterocycles. The van der Waals surface area contributed by atoms with Gasteiger partial charge in [-0.2, -0.15) is 0 Å². The number of rotatable bonds is 2. The highest BCUT2D eigenvalue weighted by Gasteiger charge is 2.20. The molecule has 0 aromatic rings. The second kappa shape index (κ2) is 5.36. The van der Waals surface area contributed by atoms with Crippen LogP contribution < -0.4 is 0 Å². The molecule has 2 aliphatic rings. The van der Waals surface area contributed by atoms with E-state index in [2.05, 4.69) is 37.8 Å². The Bertz CT molecular complexity index is 689. The molecule has 2 rings (SSSR count). The predicted octanol–water partition coefficient (Wildman–Crippen LogP) is 4.86. The highest BCUT2D eigenvalue weighted by Crippen LogP contribution is 2.31. The molecule has 0 aromatic heterocycles. The Morgan fingerprint density at radius 2 is 1.81 bits per heavy atom. The summed E-state index contributed by atoms with van der Waals surface area (Å²) in [6, 6.07) is 10.4. The zero-order chi connectivity index (χ0) is 15.8. The Labute approximate surface area is 127 Å². The van der Waals surface area contributed by atoms with E-state index in [1.807, 2.05) is 33.8 Å². The Kier molecular flexibility index (Phi) is 3.91. The van der Waals surface area contributed by atoms with Gasteiger partial charge in [0.2, 0.25) is 0 Å². The van der Waals surface area contributed by atoms with Gasteiger partial charge in [-0.1, -0.05) is 30.4 Å². The van der Waals surface area contributed by atoms with Crippen LogP contribution in [0.2, 0.25) is 0 Å². The molecule has 0 N–H and O–H groups in total. The van der Waals surface area contributed by atoms with Crippen LogP contribution in [0.25, 0.3) is 16.7 Å². The lowest BCUT2D eigenvalue weighted by Crippen LogP contribution is -2.29. The summed E-state index contributed by atoms with van der Waals surface area (Å²) >= 11 is 0. The number of allylic oxidation sites excluding steroid dienone is 1. The van der Waals surface area contributed by atoms with E-state index < -0.39 is 5.54 Å². The molecule has 0 saturated carbocycles. The Balaban J connectivity index is 2.65. The number of nitrogens with zero attached hydrogens (tertiary/aromatic N) is 1. The molecule has 0 aromatic carbocycles. The van der Waals surface area contributed by atoms with E-state index in [0.29, 0.717) is 0 Å². The summed E-state index contributed by atoms with van der Waals surface area (Å²) in [6.45, 7) is 13.8. The molecule has 0 spiro atoms. The maximum absolute atomic E-state index is 12.2. The fourth-order valence-electron chi connectivity index (χ4n) is 2.22. The van der Waals surface area contributed by atoms with Gasteiger partial charge in [0.15, 0.2) is 11.8 Å². The number of hydrogen-bond donors (Lipinski definition) is 0. The van der Waals surface area contributed by atoms with Crippen LogP contribution >= 0.6 is 0 Å². The van der Waals surface area contributed by atoms with Gasteiger partial charge in [-0.25, -0.2) is 4.74 Å². The van der Waals surface area contributed by atoms with Crippen LogP contribution in [-0.4, -0.2) is 16.5 Å². The van der Waals surface area contributed by atoms with Gasteiger partial charge in [-0.15, -0.1) is 0 Å². The molecule has 0 radical (unpaired) electrons. The van der Waals surface area contributed by atoms with Crippen molar-refractivity contribution in [3.63, 3.8) is 0 Å². The van der Waals surface area contributed by atoms with E-state index in [1.54, 1.807) is 6.21 Å². The molecule has 0 fully saturated rings. The lowest BCUT2D eigenvalue weighted by Gasteiger charge is -2.18. The Hall–Kier alpha value is -2.09. The van der Waals surface area contributed by atoms with Crippen molar-refractivity contribution in [1.29, 1.82) is 0 Å². The summed E-state index contributed by atoms with van der Waals surface area (Å²) in [5.41, 5.74) is 6.11. The van der Waals surface area contributed by atoms with E-state index >= 15 is 0 Å². The van der Waals surface area contributed by atoms with Crippen molar-refractivity contribution in [3.8, 4) is 11.1 Å². The first-order valence-corrected chi connectivity index (χ1v) is 7.21. The van der Waals surface area contributed by atoms with Gasteiger partial charge in [0.05, 0.1) is 0 Å². The number of fused-ring (bicyclic) bond motifs is 1. The summed E-state index contributed by atoms with van der Waals surface area (Å²) in [4.78, 5) is 0. The largest absolute Gasteiger partial charge is 0.623 e. The molecule has 0 unspecified atom stereocenters. The third-order valence-corrected chi connectivity index (χ3v) is 3.68. The first-order valence-electron chi connectivity index (χ1n) is 7.21. The summed E-state index contributed by atoms with van der Waals surface area (Å²) < 4.78 is 1.02. The van der Waals surface area contributed by atoms with E-state index in [4.69, 9.17) is 0 Å². The first-order chi connectivity index (χ1) is 9.70. The molecular weight excluding hydrogens is 258 g/mol. The maximum atomic E-state index is 12.2. The zero-order valence-corrected chi connectivity index (χ0v) is 13.5. The molecule has 0 amide bonds. The van der Waals surface area contributed by atoms with Crippen LogP contribution in [0.3, 0.4) is 0 Å². The van der Waals surface area contributed by atoms with Crippen molar-refractivity contribution >= 4 is 11.8 Å². The third kappa shape index (κ3) is 3.15. The van der Waals surface area contributed by atoms with Gasteiger partial charge in [-0.3, -0.25) is 0 Å². The minimum Gasteiger partial charge on any atom is -0.623 e. The predicted molar refractivity (Wildman–Crippen MR) is 91.1 cm³/mol. The van der Waals surface area contributed by atoms with Crippen LogP contribution in [0, 0.1) is 12.1 Å². The molecule has 0 saturated heterocycles. The van der Waals surface area contributed by atoms with Crippen LogP contribution in [0.15, 0.2) is 36.9 Å². The van der Waals surface area contributed by atoms with Gasteiger partial charge in [0.1, 0.15) is 0 Å². The molecule has 2 heteroatoms.